The Hall–Kier alpha value is -3.64. The van der Waals surface area contributed by atoms with Gasteiger partial charge < -0.3 is 14.8 Å². The first-order valence-corrected chi connectivity index (χ1v) is 13.2. The quantitative estimate of drug-likeness (QED) is 0.419. The van der Waals surface area contributed by atoms with Crippen LogP contribution in [0, 0.1) is 24.7 Å². The number of imidazole rings is 1. The molecule has 1 aromatic heterocycles. The summed E-state index contributed by atoms with van der Waals surface area (Å²) < 4.78 is 4.05. The molecule has 4 aromatic rings. The average Bonchev–Trinajstić information content (AvgIpc) is 3.13. The zero-order chi connectivity index (χ0) is 25.7. The van der Waals surface area contributed by atoms with Gasteiger partial charge in [0.1, 0.15) is 6.04 Å². The molecule has 2 unspecified atom stereocenters. The van der Waals surface area contributed by atoms with Crippen molar-refractivity contribution in [2.75, 3.05) is 26.2 Å². The maximum atomic E-state index is 14.1. The summed E-state index contributed by atoms with van der Waals surface area (Å²) in [7, 11) is 0. The van der Waals surface area contributed by atoms with Crippen molar-refractivity contribution in [2.24, 2.45) is 5.41 Å². The lowest BCUT2D eigenvalue weighted by atomic mass is 9.74. The van der Waals surface area contributed by atoms with Crippen LogP contribution in [0.4, 0.5) is 0 Å². The molecule has 3 heterocycles. The maximum absolute atomic E-state index is 14.1. The highest BCUT2D eigenvalue weighted by atomic mass is 16.2. The largest absolute Gasteiger partial charge is 0.339 e. The number of rotatable bonds is 6. The van der Waals surface area contributed by atoms with Crippen LogP contribution in [-0.4, -0.2) is 46.1 Å². The van der Waals surface area contributed by atoms with E-state index in [9.17, 15) is 10.2 Å². The summed E-state index contributed by atoms with van der Waals surface area (Å²) in [6.45, 7) is 9.89. The molecule has 6 heteroatoms. The highest BCUT2D eigenvalue weighted by Crippen LogP contribution is 2.36. The summed E-state index contributed by atoms with van der Waals surface area (Å²) in [5.41, 5.74) is 7.20. The minimum Gasteiger partial charge on any atom is -0.339 e. The molecule has 0 saturated carbocycles. The highest BCUT2D eigenvalue weighted by Gasteiger charge is 2.50. The van der Waals surface area contributed by atoms with Gasteiger partial charge >= 0.3 is 0 Å². The van der Waals surface area contributed by atoms with Crippen molar-refractivity contribution in [2.45, 2.75) is 39.3 Å². The van der Waals surface area contributed by atoms with Crippen LogP contribution in [0.2, 0.25) is 0 Å². The van der Waals surface area contributed by atoms with Crippen LogP contribution in [0.15, 0.2) is 72.8 Å². The molecule has 6 nitrogen and oxygen atoms in total. The van der Waals surface area contributed by atoms with Crippen LogP contribution >= 0.6 is 0 Å². The summed E-state index contributed by atoms with van der Waals surface area (Å²) in [4.78, 5) is 16.1. The minimum atomic E-state index is -0.475. The van der Waals surface area contributed by atoms with E-state index in [0.717, 1.165) is 48.3 Å². The first kappa shape index (κ1) is 23.7. The van der Waals surface area contributed by atoms with E-state index in [2.05, 4.69) is 91.3 Å². The van der Waals surface area contributed by atoms with E-state index >= 15 is 0 Å². The molecule has 1 amide bonds. The number of amides is 1. The fourth-order valence-corrected chi connectivity index (χ4v) is 5.99. The molecule has 37 heavy (non-hydrogen) atoms. The van der Waals surface area contributed by atoms with Crippen LogP contribution in [-0.2, 0) is 11.2 Å². The average molecular weight is 494 g/mol. The predicted octanol–water partition coefficient (Wildman–Crippen LogP) is 4.36. The van der Waals surface area contributed by atoms with Crippen molar-refractivity contribution in [1.82, 2.24) is 19.4 Å². The van der Waals surface area contributed by atoms with Crippen molar-refractivity contribution in [3.63, 3.8) is 0 Å². The van der Waals surface area contributed by atoms with Crippen LogP contribution in [0.1, 0.15) is 41.3 Å². The van der Waals surface area contributed by atoms with Gasteiger partial charge in [-0.3, -0.25) is 14.8 Å². The van der Waals surface area contributed by atoms with Crippen LogP contribution < -0.4 is 10.9 Å². The Balaban J connectivity index is 1.45. The van der Waals surface area contributed by atoms with Crippen LogP contribution in [0.5, 0.6) is 0 Å². The van der Waals surface area contributed by atoms with E-state index in [-0.39, 0.29) is 17.4 Å². The molecule has 2 atom stereocenters. The van der Waals surface area contributed by atoms with Crippen molar-refractivity contribution in [3.8, 4) is 0 Å². The molecule has 0 radical (unpaired) electrons. The molecule has 3 aromatic carbocycles. The van der Waals surface area contributed by atoms with Gasteiger partial charge in [0, 0.05) is 38.0 Å². The predicted molar refractivity (Wildman–Crippen MR) is 147 cm³/mol. The number of aromatic nitrogens is 2. The summed E-state index contributed by atoms with van der Waals surface area (Å²) in [5.74, 6) is 0.113. The summed E-state index contributed by atoms with van der Waals surface area (Å²) in [5, 5.41) is 12.8. The smallest absolute Gasteiger partial charge is 0.246 e. The number of aryl methyl sites for hydroxylation is 2. The van der Waals surface area contributed by atoms with Gasteiger partial charge in [-0.2, -0.15) is 0 Å². The molecule has 6 rings (SSSR count). The van der Waals surface area contributed by atoms with Crippen molar-refractivity contribution in [1.29, 1.82) is 5.41 Å². The van der Waals surface area contributed by atoms with Gasteiger partial charge in [-0.25, -0.2) is 0 Å². The molecule has 0 aliphatic carbocycles. The van der Waals surface area contributed by atoms with Crippen LogP contribution in [0.3, 0.4) is 0 Å². The Labute approximate surface area is 218 Å². The van der Waals surface area contributed by atoms with E-state index in [1.54, 1.807) is 0 Å². The first-order chi connectivity index (χ1) is 17.8. The lowest BCUT2D eigenvalue weighted by molar-refractivity contribution is -0.150. The zero-order valence-electron chi connectivity index (χ0n) is 21.9. The Morgan fingerprint density at radius 1 is 0.892 bits per heavy atom. The van der Waals surface area contributed by atoms with E-state index in [0.29, 0.717) is 12.0 Å². The fraction of sp³-hybridized carbons (Fsp3) is 0.355. The maximum Gasteiger partial charge on any atom is 0.246 e. The Morgan fingerprint density at radius 2 is 1.46 bits per heavy atom. The molecule has 2 fully saturated rings. The van der Waals surface area contributed by atoms with Gasteiger partial charge in [-0.15, -0.1) is 0 Å². The monoisotopic (exact) mass is 493 g/mol. The number of carbonyl (C=O) groups is 1. The normalized spacial score (nSPS) is 17.9. The number of benzene rings is 3. The van der Waals surface area contributed by atoms with E-state index in [1.807, 2.05) is 21.6 Å². The second kappa shape index (κ2) is 9.03. The Morgan fingerprint density at radius 3 is 2.03 bits per heavy atom. The van der Waals surface area contributed by atoms with Crippen LogP contribution in [0.25, 0.3) is 11.0 Å². The number of nitrogens with one attached hydrogen (secondary N) is 2. The number of hydrogen-bond donors (Lipinski definition) is 2. The second-order valence-electron chi connectivity index (χ2n) is 11.1. The van der Waals surface area contributed by atoms with Gasteiger partial charge in [0.25, 0.3) is 0 Å². The summed E-state index contributed by atoms with van der Waals surface area (Å²) >= 11 is 0. The lowest BCUT2D eigenvalue weighted by Crippen LogP contribution is -2.72. The second-order valence-corrected chi connectivity index (χ2v) is 11.1. The fourth-order valence-electron chi connectivity index (χ4n) is 5.99. The molecule has 190 valence electrons. The third-order valence-electron chi connectivity index (χ3n) is 8.31. The Bertz CT molecular complexity index is 1500. The summed E-state index contributed by atoms with van der Waals surface area (Å²) in [6, 6.07) is 24.6. The standard InChI is InChI=1S/C31H35N5O/c1-21-8-12-24(13-9-21)16-28(29(37)34-19-31(20-34)17-33-18-31)36-27-7-5-4-6-26(27)35(30(36)32)23(3)25-14-10-22(2)11-15-25/h4-15,23,28,32-33H,16-20H2,1-3H3. The van der Waals surface area contributed by atoms with Crippen molar-refractivity contribution in [3.05, 3.63) is 101 Å². The first-order valence-electron chi connectivity index (χ1n) is 13.2. The van der Waals surface area contributed by atoms with E-state index in [4.69, 9.17) is 0 Å². The third kappa shape index (κ3) is 4.09. The highest BCUT2D eigenvalue weighted by molar-refractivity contribution is 5.85. The van der Waals surface area contributed by atoms with Gasteiger partial charge in [0.05, 0.1) is 17.1 Å². The minimum absolute atomic E-state index is 0.0392. The lowest BCUT2D eigenvalue weighted by Gasteiger charge is -2.56. The molecule has 2 aliphatic rings. The number of para-hydroxylation sites is 2. The van der Waals surface area contributed by atoms with Crippen molar-refractivity contribution < 1.29 is 4.79 Å². The summed E-state index contributed by atoms with van der Waals surface area (Å²) in [6.07, 6.45) is 0.560. The third-order valence-corrected chi connectivity index (χ3v) is 8.31. The van der Waals surface area contributed by atoms with Gasteiger partial charge in [0.15, 0.2) is 0 Å². The zero-order valence-corrected chi connectivity index (χ0v) is 21.9. The molecular weight excluding hydrogens is 458 g/mol. The topological polar surface area (TPSA) is 66.1 Å². The molecule has 2 aliphatic heterocycles. The number of fused-ring (bicyclic) bond motifs is 1. The van der Waals surface area contributed by atoms with Gasteiger partial charge in [0.2, 0.25) is 11.5 Å². The molecule has 2 saturated heterocycles. The number of carbonyl (C=O) groups excluding carboxylic acids is 1. The van der Waals surface area contributed by atoms with E-state index in [1.165, 1.54) is 11.1 Å². The van der Waals surface area contributed by atoms with Crippen molar-refractivity contribution >= 4 is 16.9 Å². The number of hydrogen-bond acceptors (Lipinski definition) is 3. The molecule has 1 spiro atoms. The van der Waals surface area contributed by atoms with Gasteiger partial charge in [-0.1, -0.05) is 71.8 Å². The van der Waals surface area contributed by atoms with E-state index < -0.39 is 6.04 Å². The number of likely N-dealkylation sites (tertiary alicyclic amines) is 1. The van der Waals surface area contributed by atoms with Gasteiger partial charge in [-0.05, 0) is 44.0 Å². The molecule has 0 bridgehead atoms. The SMILES string of the molecule is Cc1ccc(CC(C(=O)N2CC3(CNC3)C2)n2c(=N)n(C(C)c3ccc(C)cc3)c3ccccc32)cc1. The Kier molecular flexibility index (Phi) is 5.80. The molecular formula is C31H35N5O. The number of nitrogens with zero attached hydrogens (tertiary/aromatic N) is 3. The molecule has 2 N–H and O–H groups in total.